The average molecular weight is 424 g/mol. The average Bonchev–Trinajstić information content (AvgIpc) is 2.70. The minimum Gasteiger partial charge on any atom is -0.480 e. The first-order valence-corrected chi connectivity index (χ1v) is 9.29. The Bertz CT molecular complexity index is 742. The van der Waals surface area contributed by atoms with E-state index in [0.717, 1.165) is 0 Å². The number of hydrogen-bond acceptors (Lipinski definition) is 7. The molecule has 0 unspecified atom stereocenters. The Morgan fingerprint density at radius 3 is 2.07 bits per heavy atom. The Hall–Kier alpha value is -3.02. The maximum Gasteiger partial charge on any atom is 0.326 e. The highest BCUT2D eigenvalue weighted by Crippen LogP contribution is 2.04. The largest absolute Gasteiger partial charge is 0.480 e. The van der Waals surface area contributed by atoms with Gasteiger partial charge < -0.3 is 37.0 Å². The molecule has 5 atom stereocenters. The Morgan fingerprint density at radius 2 is 1.57 bits per heavy atom. The number of nitrogens with one attached hydrogen (secondary N) is 3. The molecule has 0 fully saturated rings. The first-order chi connectivity index (χ1) is 14.1. The molecule has 0 aliphatic carbocycles. The van der Waals surface area contributed by atoms with Crippen LogP contribution < -0.4 is 21.7 Å². The summed E-state index contributed by atoms with van der Waals surface area (Å²) in [6, 6.07) is 3.63. The molecule has 1 aromatic carbocycles. The third kappa shape index (κ3) is 7.78. The molecule has 0 radical (unpaired) electrons. The van der Waals surface area contributed by atoms with E-state index in [0.29, 0.717) is 5.56 Å². The third-order valence-electron chi connectivity index (χ3n) is 4.25. The van der Waals surface area contributed by atoms with Crippen LogP contribution in [0.4, 0.5) is 0 Å². The highest BCUT2D eigenvalue weighted by Gasteiger charge is 2.30. The maximum absolute atomic E-state index is 12.4. The standard InChI is InChI=1S/C19H28N4O7/c1-10(21-18(28)15(11(2)25)23-17(27)13(20)9-24)16(26)22-14(19(29)30)8-12-6-4-3-5-7-12/h3-7,10-11,13-15,24-25H,8-9,20H2,1-2H3,(H,21,28)(H,22,26)(H,23,27)(H,29,30)/t10-,11+,13-,14-,15-/m0/s1. The van der Waals surface area contributed by atoms with E-state index < -0.39 is 60.6 Å². The molecule has 1 rings (SSSR count). The number of nitrogens with two attached hydrogens (primary N) is 1. The van der Waals surface area contributed by atoms with E-state index >= 15 is 0 Å². The summed E-state index contributed by atoms with van der Waals surface area (Å²) < 4.78 is 0. The second kappa shape index (κ2) is 11.9. The molecule has 8 N–H and O–H groups in total. The lowest BCUT2D eigenvalue weighted by molar-refractivity contribution is -0.142. The van der Waals surface area contributed by atoms with Crippen molar-refractivity contribution in [2.45, 2.75) is 50.5 Å². The first kappa shape index (κ1) is 25.0. The van der Waals surface area contributed by atoms with E-state index in [1.807, 2.05) is 0 Å². The van der Waals surface area contributed by atoms with Gasteiger partial charge in [-0.25, -0.2) is 4.79 Å². The van der Waals surface area contributed by atoms with Gasteiger partial charge in [-0.1, -0.05) is 30.3 Å². The number of carboxylic acid groups (broad SMARTS) is 1. The molecule has 0 spiro atoms. The zero-order valence-electron chi connectivity index (χ0n) is 16.7. The topological polar surface area (TPSA) is 191 Å². The SMILES string of the molecule is C[C@H](NC(=O)[C@@H](NC(=O)[C@@H](N)CO)[C@@H](C)O)C(=O)N[C@@H](Cc1ccccc1)C(=O)O. The van der Waals surface area contributed by atoms with Crippen molar-refractivity contribution in [2.24, 2.45) is 5.73 Å². The van der Waals surface area contributed by atoms with E-state index in [2.05, 4.69) is 16.0 Å². The van der Waals surface area contributed by atoms with E-state index in [9.17, 15) is 29.4 Å². The number of aliphatic hydroxyl groups is 2. The summed E-state index contributed by atoms with van der Waals surface area (Å²) in [7, 11) is 0. The molecule has 3 amide bonds. The molecule has 0 heterocycles. The molecule has 0 aromatic heterocycles. The van der Waals surface area contributed by atoms with Crippen LogP contribution in [0.2, 0.25) is 0 Å². The molecule has 30 heavy (non-hydrogen) atoms. The van der Waals surface area contributed by atoms with Gasteiger partial charge in [-0.05, 0) is 19.4 Å². The van der Waals surface area contributed by atoms with Crippen molar-refractivity contribution in [3.63, 3.8) is 0 Å². The second-order valence-corrected chi connectivity index (χ2v) is 6.84. The lowest BCUT2D eigenvalue weighted by atomic mass is 10.1. The summed E-state index contributed by atoms with van der Waals surface area (Å²) in [6.07, 6.45) is -1.27. The van der Waals surface area contributed by atoms with Crippen LogP contribution in [0, 0.1) is 0 Å². The lowest BCUT2D eigenvalue weighted by Gasteiger charge is -2.24. The Kier molecular flexibility index (Phi) is 9.89. The molecule has 1 aromatic rings. The van der Waals surface area contributed by atoms with Crippen LogP contribution in [0.25, 0.3) is 0 Å². The van der Waals surface area contributed by atoms with Crippen molar-refractivity contribution in [1.29, 1.82) is 0 Å². The molecule has 0 aliphatic rings. The number of carboxylic acids is 1. The molecule has 166 valence electrons. The van der Waals surface area contributed by atoms with Gasteiger partial charge in [0.05, 0.1) is 12.7 Å². The van der Waals surface area contributed by atoms with Crippen molar-refractivity contribution in [3.8, 4) is 0 Å². The van der Waals surface area contributed by atoms with Crippen LogP contribution in [-0.2, 0) is 25.6 Å². The fraction of sp³-hybridized carbons (Fsp3) is 0.474. The Morgan fingerprint density at radius 1 is 0.967 bits per heavy atom. The minimum atomic E-state index is -1.43. The lowest BCUT2D eigenvalue weighted by Crippen LogP contribution is -2.59. The smallest absolute Gasteiger partial charge is 0.326 e. The molecule has 0 saturated heterocycles. The van der Waals surface area contributed by atoms with Crippen molar-refractivity contribution < 1.29 is 34.5 Å². The summed E-state index contributed by atoms with van der Waals surface area (Å²) in [6.45, 7) is 1.92. The molecule has 11 nitrogen and oxygen atoms in total. The number of aliphatic hydroxyl groups excluding tert-OH is 2. The Balaban J connectivity index is 2.74. The van der Waals surface area contributed by atoms with Gasteiger partial charge in [-0.2, -0.15) is 0 Å². The molecular formula is C19H28N4O7. The van der Waals surface area contributed by atoms with Gasteiger partial charge in [-0.3, -0.25) is 14.4 Å². The van der Waals surface area contributed by atoms with Crippen LogP contribution in [-0.4, -0.2) is 75.9 Å². The van der Waals surface area contributed by atoms with Gasteiger partial charge in [-0.15, -0.1) is 0 Å². The summed E-state index contributed by atoms with van der Waals surface area (Å²) in [5.41, 5.74) is 6.07. The fourth-order valence-corrected chi connectivity index (χ4v) is 2.46. The van der Waals surface area contributed by atoms with Crippen LogP contribution >= 0.6 is 0 Å². The van der Waals surface area contributed by atoms with E-state index in [1.54, 1.807) is 30.3 Å². The molecular weight excluding hydrogens is 396 g/mol. The van der Waals surface area contributed by atoms with E-state index in [1.165, 1.54) is 13.8 Å². The summed E-state index contributed by atoms with van der Waals surface area (Å²) >= 11 is 0. The monoisotopic (exact) mass is 424 g/mol. The zero-order chi connectivity index (χ0) is 22.8. The molecule has 11 heteroatoms. The molecule has 0 aliphatic heterocycles. The number of benzene rings is 1. The van der Waals surface area contributed by atoms with E-state index in [-0.39, 0.29) is 6.42 Å². The van der Waals surface area contributed by atoms with Gasteiger partial charge in [0.15, 0.2) is 0 Å². The number of rotatable bonds is 11. The fourth-order valence-electron chi connectivity index (χ4n) is 2.46. The third-order valence-corrected chi connectivity index (χ3v) is 4.25. The van der Waals surface area contributed by atoms with Crippen LogP contribution in [0.3, 0.4) is 0 Å². The summed E-state index contributed by atoms with van der Waals surface area (Å²) in [5.74, 6) is -3.72. The highest BCUT2D eigenvalue weighted by molar-refractivity contribution is 5.94. The normalized spacial score (nSPS) is 15.8. The van der Waals surface area contributed by atoms with Crippen LogP contribution in [0.15, 0.2) is 30.3 Å². The van der Waals surface area contributed by atoms with Gasteiger partial charge in [0, 0.05) is 6.42 Å². The zero-order valence-corrected chi connectivity index (χ0v) is 16.7. The van der Waals surface area contributed by atoms with E-state index in [4.69, 9.17) is 10.8 Å². The number of aliphatic carboxylic acids is 1. The summed E-state index contributed by atoms with van der Waals surface area (Å²) in [5, 5.41) is 34.9. The molecule has 0 saturated carbocycles. The molecule has 0 bridgehead atoms. The van der Waals surface area contributed by atoms with Gasteiger partial charge in [0.1, 0.15) is 24.2 Å². The number of carbonyl (C=O) groups excluding carboxylic acids is 3. The predicted molar refractivity (Wildman–Crippen MR) is 106 cm³/mol. The number of carbonyl (C=O) groups is 4. The first-order valence-electron chi connectivity index (χ1n) is 9.29. The number of amides is 3. The number of hydrogen-bond donors (Lipinski definition) is 7. The Labute approximate surface area is 173 Å². The second-order valence-electron chi connectivity index (χ2n) is 6.84. The van der Waals surface area contributed by atoms with Crippen LogP contribution in [0.1, 0.15) is 19.4 Å². The quantitative estimate of drug-likeness (QED) is 0.202. The predicted octanol–water partition coefficient (Wildman–Crippen LogP) is -2.51. The van der Waals surface area contributed by atoms with Gasteiger partial charge in [0.25, 0.3) is 0 Å². The van der Waals surface area contributed by atoms with Gasteiger partial charge >= 0.3 is 5.97 Å². The van der Waals surface area contributed by atoms with Crippen molar-refractivity contribution >= 4 is 23.7 Å². The van der Waals surface area contributed by atoms with Crippen molar-refractivity contribution in [3.05, 3.63) is 35.9 Å². The minimum absolute atomic E-state index is 0.0496. The highest BCUT2D eigenvalue weighted by atomic mass is 16.4. The summed E-state index contributed by atoms with van der Waals surface area (Å²) in [4.78, 5) is 48.0. The van der Waals surface area contributed by atoms with Crippen molar-refractivity contribution in [2.75, 3.05) is 6.61 Å². The maximum atomic E-state index is 12.4. The van der Waals surface area contributed by atoms with Gasteiger partial charge in [0.2, 0.25) is 17.7 Å². The van der Waals surface area contributed by atoms with Crippen LogP contribution in [0.5, 0.6) is 0 Å². The van der Waals surface area contributed by atoms with Crippen molar-refractivity contribution in [1.82, 2.24) is 16.0 Å².